The third-order valence-corrected chi connectivity index (χ3v) is 5.96. The lowest BCUT2D eigenvalue weighted by Gasteiger charge is -2.15. The Hall–Kier alpha value is -3.94. The zero-order valence-corrected chi connectivity index (χ0v) is 18.1. The number of amides is 1. The van der Waals surface area contributed by atoms with Gasteiger partial charge in [-0.25, -0.2) is 9.37 Å². The maximum absolute atomic E-state index is 13.9. The number of hydrogen-bond acceptors (Lipinski definition) is 5. The van der Waals surface area contributed by atoms with Crippen molar-refractivity contribution in [2.24, 2.45) is 0 Å². The number of nitrogens with one attached hydrogen (secondary N) is 1. The molecule has 33 heavy (non-hydrogen) atoms. The number of benzene rings is 1. The van der Waals surface area contributed by atoms with E-state index in [9.17, 15) is 9.18 Å². The molecule has 1 saturated carbocycles. The quantitative estimate of drug-likeness (QED) is 0.410. The average Bonchev–Trinajstić information content (AvgIpc) is 3.60. The van der Waals surface area contributed by atoms with Gasteiger partial charge in [-0.3, -0.25) is 9.78 Å². The van der Waals surface area contributed by atoms with Gasteiger partial charge in [-0.05, 0) is 55.3 Å². The Labute approximate surface area is 190 Å². The van der Waals surface area contributed by atoms with Gasteiger partial charge in [-0.1, -0.05) is 12.8 Å². The summed E-state index contributed by atoms with van der Waals surface area (Å²) < 4.78 is 27.3. The van der Waals surface area contributed by atoms with Crippen molar-refractivity contribution in [1.82, 2.24) is 14.5 Å². The highest BCUT2D eigenvalue weighted by atomic mass is 19.1. The van der Waals surface area contributed by atoms with Crippen LogP contribution in [-0.2, 0) is 0 Å². The molecule has 1 aliphatic carbocycles. The molecule has 3 aromatic heterocycles. The molecule has 5 rings (SSSR count). The zero-order chi connectivity index (χ0) is 22.8. The molecular weight excluding hydrogens is 423 g/mol. The first-order valence-corrected chi connectivity index (χ1v) is 10.9. The summed E-state index contributed by atoms with van der Waals surface area (Å²) in [5.41, 5.74) is 2.55. The number of furan rings is 1. The third kappa shape index (κ3) is 4.11. The van der Waals surface area contributed by atoms with Crippen LogP contribution in [0.2, 0.25) is 0 Å². The van der Waals surface area contributed by atoms with Crippen molar-refractivity contribution < 1.29 is 18.3 Å². The van der Waals surface area contributed by atoms with Crippen molar-refractivity contribution in [3.8, 4) is 28.5 Å². The number of rotatable bonds is 6. The molecule has 1 N–H and O–H groups in total. The molecule has 1 fully saturated rings. The van der Waals surface area contributed by atoms with E-state index in [1.54, 1.807) is 19.2 Å². The fourth-order valence-electron chi connectivity index (χ4n) is 4.27. The van der Waals surface area contributed by atoms with Crippen molar-refractivity contribution >= 4 is 11.6 Å². The lowest BCUT2D eigenvalue weighted by molar-refractivity contribution is 0.0997. The third-order valence-electron chi connectivity index (χ3n) is 5.96. The SMILES string of the molecule is COc1ccc(-c2ncn(C3CCCC3)c2-c2ccc(C(=O)Nc3ccncc3F)o2)cc1. The second-order valence-corrected chi connectivity index (χ2v) is 7.99. The number of halogens is 1. The van der Waals surface area contributed by atoms with Gasteiger partial charge < -0.3 is 19.0 Å². The van der Waals surface area contributed by atoms with Gasteiger partial charge in [0.05, 0.1) is 31.0 Å². The Kier molecular flexibility index (Phi) is 5.64. The Morgan fingerprint density at radius 3 is 2.67 bits per heavy atom. The molecule has 8 heteroatoms. The number of pyridine rings is 1. The summed E-state index contributed by atoms with van der Waals surface area (Å²) in [6.07, 6.45) is 8.78. The van der Waals surface area contributed by atoms with E-state index in [0.717, 1.165) is 41.7 Å². The summed E-state index contributed by atoms with van der Waals surface area (Å²) in [5, 5.41) is 2.53. The van der Waals surface area contributed by atoms with E-state index in [1.807, 2.05) is 30.6 Å². The van der Waals surface area contributed by atoms with Crippen LogP contribution in [0.3, 0.4) is 0 Å². The van der Waals surface area contributed by atoms with Crippen molar-refractivity contribution in [2.75, 3.05) is 12.4 Å². The molecule has 7 nitrogen and oxygen atoms in total. The summed E-state index contributed by atoms with van der Waals surface area (Å²) in [5.74, 6) is 0.227. The van der Waals surface area contributed by atoms with Crippen molar-refractivity contribution in [1.29, 1.82) is 0 Å². The summed E-state index contributed by atoms with van der Waals surface area (Å²) in [4.78, 5) is 21.1. The maximum atomic E-state index is 13.9. The van der Waals surface area contributed by atoms with Crippen LogP contribution in [0.4, 0.5) is 10.1 Å². The summed E-state index contributed by atoms with van der Waals surface area (Å²) in [6, 6.07) is 12.7. The Morgan fingerprint density at radius 2 is 1.94 bits per heavy atom. The molecule has 3 heterocycles. The van der Waals surface area contributed by atoms with Crippen LogP contribution < -0.4 is 10.1 Å². The zero-order valence-electron chi connectivity index (χ0n) is 18.1. The minimum Gasteiger partial charge on any atom is -0.497 e. The summed E-state index contributed by atoms with van der Waals surface area (Å²) in [7, 11) is 1.63. The molecule has 0 spiro atoms. The first-order chi connectivity index (χ1) is 16.1. The second kappa shape index (κ2) is 8.90. The van der Waals surface area contributed by atoms with E-state index < -0.39 is 11.7 Å². The molecule has 0 bridgehead atoms. The van der Waals surface area contributed by atoms with Crippen molar-refractivity contribution in [2.45, 2.75) is 31.7 Å². The highest BCUT2D eigenvalue weighted by Gasteiger charge is 2.26. The van der Waals surface area contributed by atoms with Gasteiger partial charge in [0, 0.05) is 17.8 Å². The molecule has 1 aromatic carbocycles. The van der Waals surface area contributed by atoms with Crippen LogP contribution in [0.25, 0.3) is 22.7 Å². The largest absolute Gasteiger partial charge is 0.497 e. The van der Waals surface area contributed by atoms with E-state index in [0.29, 0.717) is 11.8 Å². The maximum Gasteiger partial charge on any atom is 0.291 e. The van der Waals surface area contributed by atoms with E-state index in [4.69, 9.17) is 14.1 Å². The summed E-state index contributed by atoms with van der Waals surface area (Å²) >= 11 is 0. The van der Waals surface area contributed by atoms with Crippen molar-refractivity contribution in [3.05, 3.63) is 72.8 Å². The smallest absolute Gasteiger partial charge is 0.291 e. The highest BCUT2D eigenvalue weighted by Crippen LogP contribution is 2.39. The molecule has 0 unspecified atom stereocenters. The fraction of sp³-hybridized carbons (Fsp3) is 0.240. The van der Waals surface area contributed by atoms with Gasteiger partial charge in [0.2, 0.25) is 0 Å². The van der Waals surface area contributed by atoms with Gasteiger partial charge >= 0.3 is 0 Å². The number of carbonyl (C=O) groups excluding carboxylic acids is 1. The standard InChI is InChI=1S/C25H23FN4O3/c1-32-18-8-6-16(7-9-18)23-24(30(15-28-23)17-4-2-3-5-17)21-10-11-22(33-21)25(31)29-20-12-13-27-14-19(20)26/h6-15,17H,2-5H2,1H3,(H,27,29,31). The van der Waals surface area contributed by atoms with Crippen molar-refractivity contribution in [3.63, 3.8) is 0 Å². The Bertz CT molecular complexity index is 1270. The van der Waals surface area contributed by atoms with Gasteiger partial charge in [0.15, 0.2) is 17.3 Å². The average molecular weight is 446 g/mol. The van der Waals surface area contributed by atoms with Crippen LogP contribution in [0.5, 0.6) is 5.75 Å². The molecular formula is C25H23FN4O3. The number of carbonyl (C=O) groups is 1. The van der Waals surface area contributed by atoms with Gasteiger partial charge in [-0.15, -0.1) is 0 Å². The Morgan fingerprint density at radius 1 is 1.15 bits per heavy atom. The number of nitrogens with zero attached hydrogens (tertiary/aromatic N) is 3. The minimum atomic E-state index is -0.612. The number of hydrogen-bond donors (Lipinski definition) is 1. The minimum absolute atomic E-state index is 0.0443. The molecule has 168 valence electrons. The fourth-order valence-corrected chi connectivity index (χ4v) is 4.27. The van der Waals surface area contributed by atoms with Crippen LogP contribution in [0.1, 0.15) is 42.3 Å². The number of ether oxygens (including phenoxy) is 1. The molecule has 0 atom stereocenters. The molecule has 0 saturated heterocycles. The highest BCUT2D eigenvalue weighted by molar-refractivity contribution is 6.02. The van der Waals surface area contributed by atoms with E-state index in [1.165, 1.54) is 25.1 Å². The van der Waals surface area contributed by atoms with Crippen LogP contribution in [0.15, 0.2) is 65.6 Å². The number of anilines is 1. The lowest BCUT2D eigenvalue weighted by atomic mass is 10.1. The van der Waals surface area contributed by atoms with Crippen LogP contribution in [-0.4, -0.2) is 27.6 Å². The van der Waals surface area contributed by atoms with E-state index in [-0.39, 0.29) is 11.4 Å². The number of imidazole rings is 1. The summed E-state index contributed by atoms with van der Waals surface area (Å²) in [6.45, 7) is 0. The van der Waals surface area contributed by atoms with Gasteiger partial charge in [0.1, 0.15) is 11.4 Å². The predicted octanol–water partition coefficient (Wildman–Crippen LogP) is 5.72. The lowest BCUT2D eigenvalue weighted by Crippen LogP contribution is -2.12. The molecule has 0 radical (unpaired) electrons. The van der Waals surface area contributed by atoms with Crippen LogP contribution >= 0.6 is 0 Å². The first kappa shape index (κ1) is 20.9. The monoisotopic (exact) mass is 446 g/mol. The van der Waals surface area contributed by atoms with Gasteiger partial charge in [0.25, 0.3) is 5.91 Å². The first-order valence-electron chi connectivity index (χ1n) is 10.9. The number of aromatic nitrogens is 3. The normalized spacial score (nSPS) is 13.9. The molecule has 4 aromatic rings. The molecule has 1 amide bonds. The van der Waals surface area contributed by atoms with Crippen LogP contribution in [0, 0.1) is 5.82 Å². The number of methoxy groups -OCH3 is 1. The van der Waals surface area contributed by atoms with E-state index >= 15 is 0 Å². The van der Waals surface area contributed by atoms with Gasteiger partial charge in [-0.2, -0.15) is 0 Å². The molecule has 1 aliphatic rings. The second-order valence-electron chi connectivity index (χ2n) is 7.99. The Balaban J connectivity index is 1.51. The molecule has 0 aliphatic heterocycles. The predicted molar refractivity (Wildman–Crippen MR) is 122 cm³/mol. The topological polar surface area (TPSA) is 82.2 Å². The van der Waals surface area contributed by atoms with E-state index in [2.05, 4.69) is 14.9 Å².